The highest BCUT2D eigenvalue weighted by atomic mass is 16.3. The summed E-state index contributed by atoms with van der Waals surface area (Å²) in [6.45, 7) is 0. The third-order valence-electron chi connectivity index (χ3n) is 9.82. The standard InChI is InChI=1S/C47H29N3O2/c51-41-21-10-20-40(43(41)33-15-8-14-31(27-33)37-18-9-19-39-38-17-6-7-22-42(38)52-44(37)39)47-49-45(30-12-2-1-3-13-30)48-46(50-47)34-25-26-36-32(28-34)24-23-29-11-4-5-16-35(29)36/h1-28,51H. The lowest BCUT2D eigenvalue weighted by atomic mass is 9.94. The lowest BCUT2D eigenvalue weighted by Gasteiger charge is -2.14. The van der Waals surface area contributed by atoms with Crippen LogP contribution in [0.3, 0.4) is 0 Å². The maximum Gasteiger partial charge on any atom is 0.164 e. The summed E-state index contributed by atoms with van der Waals surface area (Å²) in [5.74, 6) is 1.72. The minimum absolute atomic E-state index is 0.136. The topological polar surface area (TPSA) is 72.0 Å². The van der Waals surface area contributed by atoms with Crippen LogP contribution < -0.4 is 0 Å². The molecule has 2 heterocycles. The third-order valence-corrected chi connectivity index (χ3v) is 9.82. The van der Waals surface area contributed by atoms with Crippen molar-refractivity contribution in [2.24, 2.45) is 0 Å². The lowest BCUT2D eigenvalue weighted by molar-refractivity contribution is 0.477. The van der Waals surface area contributed by atoms with Crippen molar-refractivity contribution in [1.82, 2.24) is 15.0 Å². The molecular weight excluding hydrogens is 639 g/mol. The summed E-state index contributed by atoms with van der Waals surface area (Å²) >= 11 is 0. The van der Waals surface area contributed by atoms with E-state index < -0.39 is 0 Å². The second kappa shape index (κ2) is 12.0. The molecule has 52 heavy (non-hydrogen) atoms. The summed E-state index contributed by atoms with van der Waals surface area (Å²) in [6, 6.07) is 57.0. The molecule has 0 aliphatic carbocycles. The van der Waals surface area contributed by atoms with Crippen LogP contribution in [-0.4, -0.2) is 20.1 Å². The summed E-state index contributed by atoms with van der Waals surface area (Å²) < 4.78 is 6.38. The minimum Gasteiger partial charge on any atom is -0.507 e. The Balaban J connectivity index is 1.14. The molecular formula is C47H29N3O2. The maximum absolute atomic E-state index is 11.5. The van der Waals surface area contributed by atoms with Crippen LogP contribution in [0.25, 0.3) is 99.9 Å². The maximum atomic E-state index is 11.5. The van der Waals surface area contributed by atoms with Crippen LogP contribution in [0.1, 0.15) is 0 Å². The van der Waals surface area contributed by atoms with Gasteiger partial charge in [-0.3, -0.25) is 0 Å². The van der Waals surface area contributed by atoms with Crippen molar-refractivity contribution >= 4 is 43.5 Å². The summed E-state index contributed by atoms with van der Waals surface area (Å²) in [6.07, 6.45) is 0. The second-order valence-corrected chi connectivity index (χ2v) is 13.0. The molecule has 0 fully saturated rings. The number of aromatic hydroxyl groups is 1. The highest BCUT2D eigenvalue weighted by molar-refractivity contribution is 6.10. The highest BCUT2D eigenvalue weighted by Crippen LogP contribution is 2.42. The predicted octanol–water partition coefficient (Wildman–Crippen LogP) is 12.1. The molecule has 5 heteroatoms. The van der Waals surface area contributed by atoms with Gasteiger partial charge >= 0.3 is 0 Å². The van der Waals surface area contributed by atoms with Crippen LogP contribution in [0.5, 0.6) is 5.75 Å². The van der Waals surface area contributed by atoms with Gasteiger partial charge in [-0.1, -0.05) is 146 Å². The molecule has 10 aromatic rings. The molecule has 244 valence electrons. The predicted molar refractivity (Wildman–Crippen MR) is 211 cm³/mol. The Kier molecular flexibility index (Phi) is 6.89. The quantitative estimate of drug-likeness (QED) is 0.185. The highest BCUT2D eigenvalue weighted by Gasteiger charge is 2.20. The Labute approximate surface area is 299 Å². The van der Waals surface area contributed by atoms with Gasteiger partial charge in [0.2, 0.25) is 0 Å². The van der Waals surface area contributed by atoms with Gasteiger partial charge in [0.05, 0.1) is 0 Å². The van der Waals surface area contributed by atoms with E-state index in [4.69, 9.17) is 19.4 Å². The van der Waals surface area contributed by atoms with Gasteiger partial charge in [0.25, 0.3) is 0 Å². The van der Waals surface area contributed by atoms with Gasteiger partial charge in [0.1, 0.15) is 16.9 Å². The molecule has 10 rings (SSSR count). The average molecular weight is 668 g/mol. The first kappa shape index (κ1) is 29.8. The molecule has 0 radical (unpaired) electrons. The van der Waals surface area contributed by atoms with Gasteiger partial charge < -0.3 is 9.52 Å². The summed E-state index contributed by atoms with van der Waals surface area (Å²) in [4.78, 5) is 15.1. The number of benzene rings is 8. The smallest absolute Gasteiger partial charge is 0.164 e. The summed E-state index contributed by atoms with van der Waals surface area (Å²) in [7, 11) is 0. The molecule has 0 atom stereocenters. The molecule has 0 bridgehead atoms. The average Bonchev–Trinajstić information content (AvgIpc) is 3.60. The molecule has 0 saturated heterocycles. The van der Waals surface area contributed by atoms with Crippen molar-refractivity contribution in [3.05, 3.63) is 170 Å². The zero-order valence-electron chi connectivity index (χ0n) is 27.9. The zero-order valence-corrected chi connectivity index (χ0v) is 27.9. The van der Waals surface area contributed by atoms with Crippen LogP contribution in [0.15, 0.2) is 174 Å². The van der Waals surface area contributed by atoms with Crippen molar-refractivity contribution in [2.45, 2.75) is 0 Å². The number of hydrogen-bond donors (Lipinski definition) is 1. The largest absolute Gasteiger partial charge is 0.507 e. The van der Waals surface area contributed by atoms with E-state index in [2.05, 4.69) is 91.0 Å². The summed E-state index contributed by atoms with van der Waals surface area (Å²) in [5.41, 5.74) is 7.56. The van der Waals surface area contributed by atoms with E-state index in [0.29, 0.717) is 28.6 Å². The van der Waals surface area contributed by atoms with Crippen molar-refractivity contribution in [2.75, 3.05) is 0 Å². The number of furan rings is 1. The first-order chi connectivity index (χ1) is 25.7. The molecule has 0 spiro atoms. The van der Waals surface area contributed by atoms with Crippen molar-refractivity contribution < 1.29 is 9.52 Å². The number of fused-ring (bicyclic) bond motifs is 6. The van der Waals surface area contributed by atoms with E-state index in [-0.39, 0.29) is 5.75 Å². The van der Waals surface area contributed by atoms with Gasteiger partial charge in [-0.05, 0) is 56.9 Å². The number of phenols is 1. The molecule has 2 aromatic heterocycles. The molecule has 0 saturated carbocycles. The summed E-state index contributed by atoms with van der Waals surface area (Å²) in [5, 5.41) is 18.4. The van der Waals surface area contributed by atoms with E-state index in [1.807, 2.05) is 72.8 Å². The molecule has 0 aliphatic rings. The Morgan fingerprint density at radius 1 is 0.385 bits per heavy atom. The Bertz CT molecular complexity index is 2990. The fraction of sp³-hybridized carbons (Fsp3) is 0. The van der Waals surface area contributed by atoms with Crippen LogP contribution >= 0.6 is 0 Å². The number of hydrogen-bond acceptors (Lipinski definition) is 5. The van der Waals surface area contributed by atoms with Gasteiger partial charge in [-0.25, -0.2) is 15.0 Å². The van der Waals surface area contributed by atoms with E-state index in [0.717, 1.165) is 55.1 Å². The van der Waals surface area contributed by atoms with Gasteiger partial charge in [-0.15, -0.1) is 0 Å². The lowest BCUT2D eigenvalue weighted by Crippen LogP contribution is -2.01. The molecule has 0 unspecified atom stereocenters. The van der Waals surface area contributed by atoms with Crippen LogP contribution in [0.4, 0.5) is 0 Å². The SMILES string of the molecule is Oc1cccc(-c2nc(-c3ccccc3)nc(-c3ccc4c(ccc5ccccc54)c3)n2)c1-c1cccc(-c2cccc3c2oc2ccccc23)c1. The molecule has 5 nitrogen and oxygen atoms in total. The number of nitrogens with zero attached hydrogens (tertiary/aromatic N) is 3. The number of phenolic OH excluding ortho intramolecular Hbond substituents is 1. The van der Waals surface area contributed by atoms with Crippen LogP contribution in [-0.2, 0) is 0 Å². The van der Waals surface area contributed by atoms with E-state index >= 15 is 0 Å². The van der Waals surface area contributed by atoms with Gasteiger partial charge in [-0.2, -0.15) is 0 Å². The van der Waals surface area contributed by atoms with Crippen molar-refractivity contribution in [1.29, 1.82) is 0 Å². The van der Waals surface area contributed by atoms with Crippen molar-refractivity contribution in [3.8, 4) is 62.2 Å². The van der Waals surface area contributed by atoms with E-state index in [9.17, 15) is 5.11 Å². The normalized spacial score (nSPS) is 11.5. The Morgan fingerprint density at radius 3 is 1.92 bits per heavy atom. The third kappa shape index (κ3) is 4.98. The molecule has 0 aliphatic heterocycles. The van der Waals surface area contributed by atoms with Gasteiger partial charge in [0.15, 0.2) is 17.5 Å². The fourth-order valence-electron chi connectivity index (χ4n) is 7.34. The number of para-hydroxylation sites is 2. The fourth-order valence-corrected chi connectivity index (χ4v) is 7.34. The van der Waals surface area contributed by atoms with Crippen molar-refractivity contribution in [3.63, 3.8) is 0 Å². The second-order valence-electron chi connectivity index (χ2n) is 13.0. The van der Waals surface area contributed by atoms with E-state index in [1.165, 1.54) is 16.2 Å². The van der Waals surface area contributed by atoms with Crippen LogP contribution in [0, 0.1) is 0 Å². The Hall–Kier alpha value is -7.11. The van der Waals surface area contributed by atoms with E-state index in [1.54, 1.807) is 6.07 Å². The van der Waals surface area contributed by atoms with Gasteiger partial charge in [0, 0.05) is 38.6 Å². The monoisotopic (exact) mass is 667 g/mol. The molecule has 1 N–H and O–H groups in total. The molecule has 0 amide bonds. The molecule has 8 aromatic carbocycles. The first-order valence-corrected chi connectivity index (χ1v) is 17.2. The number of aromatic nitrogens is 3. The van der Waals surface area contributed by atoms with Crippen LogP contribution in [0.2, 0.25) is 0 Å². The number of rotatable bonds is 5. The minimum atomic E-state index is 0.136. The first-order valence-electron chi connectivity index (χ1n) is 17.2. The Morgan fingerprint density at radius 2 is 1.02 bits per heavy atom. The zero-order chi connectivity index (χ0) is 34.6.